The van der Waals surface area contributed by atoms with Crippen LogP contribution in [0.5, 0.6) is 0 Å². The maximum absolute atomic E-state index is 13.2. The lowest BCUT2D eigenvalue weighted by Crippen LogP contribution is -2.61. The van der Waals surface area contributed by atoms with E-state index >= 15 is 0 Å². The van der Waals surface area contributed by atoms with Gasteiger partial charge >= 0.3 is 12.1 Å². The van der Waals surface area contributed by atoms with E-state index in [4.69, 9.17) is 4.74 Å². The molecular formula is C25H27F5N4O5. The van der Waals surface area contributed by atoms with Gasteiger partial charge in [0.1, 0.15) is 6.04 Å². The van der Waals surface area contributed by atoms with Gasteiger partial charge in [-0.05, 0) is 24.6 Å². The van der Waals surface area contributed by atoms with Gasteiger partial charge in [0.2, 0.25) is 11.5 Å². The minimum absolute atomic E-state index is 0.132. The van der Waals surface area contributed by atoms with Crippen LogP contribution in [0.1, 0.15) is 12.5 Å². The number of anilines is 2. The van der Waals surface area contributed by atoms with Gasteiger partial charge in [-0.3, -0.25) is 14.4 Å². The van der Waals surface area contributed by atoms with E-state index in [1.807, 2.05) is 30.3 Å². The average Bonchev–Trinajstić information content (AvgIpc) is 3.01. The highest BCUT2D eigenvalue weighted by molar-refractivity contribution is 6.10. The number of amides is 3. The summed E-state index contributed by atoms with van der Waals surface area (Å²) in [7, 11) is 0. The zero-order valence-corrected chi connectivity index (χ0v) is 20.7. The molecule has 39 heavy (non-hydrogen) atoms. The van der Waals surface area contributed by atoms with Gasteiger partial charge in [-0.2, -0.15) is 22.0 Å². The first-order chi connectivity index (χ1) is 18.2. The van der Waals surface area contributed by atoms with Gasteiger partial charge in [0.05, 0.1) is 31.1 Å². The molecular weight excluding hydrogens is 531 g/mol. The fourth-order valence-electron chi connectivity index (χ4n) is 3.60. The molecule has 2 aromatic carbocycles. The zero-order chi connectivity index (χ0) is 28.8. The number of nitrogens with one attached hydrogen (secondary N) is 3. The van der Waals surface area contributed by atoms with Crippen molar-refractivity contribution in [3.05, 3.63) is 60.2 Å². The van der Waals surface area contributed by atoms with Crippen molar-refractivity contribution < 1.29 is 46.2 Å². The van der Waals surface area contributed by atoms with E-state index in [1.54, 1.807) is 29.2 Å². The first-order valence-electron chi connectivity index (χ1n) is 11.7. The van der Waals surface area contributed by atoms with E-state index in [9.17, 15) is 41.4 Å². The Hall–Kier alpha value is -3.78. The summed E-state index contributed by atoms with van der Waals surface area (Å²) in [6.45, 7) is -0.872. The van der Waals surface area contributed by atoms with E-state index < -0.39 is 48.0 Å². The average molecular weight is 559 g/mol. The summed E-state index contributed by atoms with van der Waals surface area (Å²) in [4.78, 5) is 39.4. The number of para-hydroxylation sites is 2. The Morgan fingerprint density at radius 2 is 1.69 bits per heavy atom. The van der Waals surface area contributed by atoms with Gasteiger partial charge in [-0.1, -0.05) is 42.5 Å². The quantitative estimate of drug-likeness (QED) is 0.202. The second-order valence-electron chi connectivity index (χ2n) is 8.97. The summed E-state index contributed by atoms with van der Waals surface area (Å²) in [5, 5.41) is 16.4. The van der Waals surface area contributed by atoms with Gasteiger partial charge in [-0.15, -0.1) is 0 Å². The van der Waals surface area contributed by atoms with Gasteiger partial charge < -0.3 is 30.7 Å². The summed E-state index contributed by atoms with van der Waals surface area (Å²) in [5.41, 5.74) is -1.10. The molecule has 2 aromatic rings. The fraction of sp³-hybridized carbons (Fsp3) is 0.400. The van der Waals surface area contributed by atoms with E-state index in [-0.39, 0.29) is 19.7 Å². The number of fused-ring (bicyclic) bond motifs is 1. The van der Waals surface area contributed by atoms with Crippen LogP contribution in [0.3, 0.4) is 0 Å². The molecule has 0 radical (unpaired) electrons. The summed E-state index contributed by atoms with van der Waals surface area (Å²) in [5.74, 6) is -9.26. The predicted molar refractivity (Wildman–Crippen MR) is 130 cm³/mol. The Bertz CT molecular complexity index is 1180. The number of ether oxygens (including phenoxy) is 1. The van der Waals surface area contributed by atoms with Crippen LogP contribution >= 0.6 is 0 Å². The van der Waals surface area contributed by atoms with Crippen molar-refractivity contribution in [3.8, 4) is 0 Å². The third kappa shape index (κ3) is 7.41. The Balaban J connectivity index is 1.67. The minimum Gasteiger partial charge on any atom is -0.375 e. The first kappa shape index (κ1) is 29.8. The Labute approximate surface area is 220 Å². The van der Waals surface area contributed by atoms with Crippen LogP contribution in [0.2, 0.25) is 0 Å². The molecule has 0 fully saturated rings. The Morgan fingerprint density at radius 1 is 1.05 bits per heavy atom. The Morgan fingerprint density at radius 3 is 2.36 bits per heavy atom. The number of carbonyl (C=O) groups is 3. The fourth-order valence-corrected chi connectivity index (χ4v) is 3.60. The number of hydrogen-bond acceptors (Lipinski definition) is 6. The van der Waals surface area contributed by atoms with Gasteiger partial charge in [0.15, 0.2) is 0 Å². The van der Waals surface area contributed by atoms with Crippen LogP contribution in [0.4, 0.5) is 33.3 Å². The van der Waals surface area contributed by atoms with Crippen LogP contribution in [0.25, 0.3) is 0 Å². The van der Waals surface area contributed by atoms with Gasteiger partial charge in [-0.25, -0.2) is 0 Å². The number of nitrogens with zero attached hydrogens (tertiary/aromatic N) is 1. The Kier molecular flexibility index (Phi) is 9.12. The molecule has 1 unspecified atom stereocenters. The molecule has 0 bridgehead atoms. The standard InChI is InChI=1S/C25H27F5N4O5/c1-23(38,21(36)31-15-24(26,27)25(28,29)30)22(37)33-18-13-34(11-12-39-14-16-7-3-2-4-8-16)19-10-6-5-9-17(19)32-20(18)35/h2-10,18,38H,11-15H2,1H3,(H,31,36)(H,32,35)(H,33,37)/t18-,23?/m0/s1. The molecule has 3 amide bonds. The molecule has 3 rings (SSSR count). The third-order valence-electron chi connectivity index (χ3n) is 5.91. The molecule has 0 aromatic heterocycles. The lowest BCUT2D eigenvalue weighted by Gasteiger charge is -2.29. The lowest BCUT2D eigenvalue weighted by atomic mass is 10.0. The minimum atomic E-state index is -5.95. The van der Waals surface area contributed by atoms with Crippen molar-refractivity contribution in [1.29, 1.82) is 0 Å². The van der Waals surface area contributed by atoms with Crippen molar-refractivity contribution in [2.24, 2.45) is 0 Å². The monoisotopic (exact) mass is 558 g/mol. The molecule has 212 valence electrons. The molecule has 0 saturated carbocycles. The predicted octanol–water partition coefficient (Wildman–Crippen LogP) is 2.21. The molecule has 1 aliphatic heterocycles. The van der Waals surface area contributed by atoms with Crippen molar-refractivity contribution in [3.63, 3.8) is 0 Å². The van der Waals surface area contributed by atoms with Gasteiger partial charge in [0.25, 0.3) is 11.8 Å². The SMILES string of the molecule is CC(O)(C(=O)NCC(F)(F)C(F)(F)F)C(=O)N[C@H]1CN(CCOCc2ccccc2)c2ccccc2NC1=O. The van der Waals surface area contributed by atoms with Crippen LogP contribution in [0.15, 0.2) is 54.6 Å². The topological polar surface area (TPSA) is 120 Å². The number of halogens is 5. The molecule has 0 spiro atoms. The van der Waals surface area contributed by atoms with Crippen LogP contribution in [0, 0.1) is 0 Å². The normalized spacial score (nSPS) is 17.4. The van der Waals surface area contributed by atoms with Crippen molar-refractivity contribution in [2.75, 3.05) is 36.5 Å². The maximum Gasteiger partial charge on any atom is 0.455 e. The van der Waals surface area contributed by atoms with E-state index in [2.05, 4.69) is 10.6 Å². The van der Waals surface area contributed by atoms with Crippen molar-refractivity contribution in [2.45, 2.75) is 37.3 Å². The molecule has 4 N–H and O–H groups in total. The number of hydrogen-bond donors (Lipinski definition) is 4. The maximum atomic E-state index is 13.2. The summed E-state index contributed by atoms with van der Waals surface area (Å²) >= 11 is 0. The zero-order valence-electron chi connectivity index (χ0n) is 20.7. The van der Waals surface area contributed by atoms with Crippen molar-refractivity contribution in [1.82, 2.24) is 10.6 Å². The van der Waals surface area contributed by atoms with E-state index in [0.29, 0.717) is 24.9 Å². The highest BCUT2D eigenvalue weighted by atomic mass is 19.4. The number of rotatable bonds is 10. The number of aliphatic hydroxyl groups is 1. The van der Waals surface area contributed by atoms with Crippen LogP contribution in [-0.2, 0) is 25.7 Å². The molecule has 0 saturated heterocycles. The number of carbonyl (C=O) groups excluding carboxylic acids is 3. The molecule has 0 aliphatic carbocycles. The van der Waals surface area contributed by atoms with Crippen molar-refractivity contribution >= 4 is 29.1 Å². The second kappa shape index (κ2) is 11.9. The largest absolute Gasteiger partial charge is 0.455 e. The first-order valence-corrected chi connectivity index (χ1v) is 11.7. The molecule has 1 aliphatic rings. The summed E-state index contributed by atoms with van der Waals surface area (Å²) in [6.07, 6.45) is -5.95. The smallest absolute Gasteiger partial charge is 0.375 e. The summed E-state index contributed by atoms with van der Waals surface area (Å²) in [6, 6.07) is 14.8. The van der Waals surface area contributed by atoms with Gasteiger partial charge in [0, 0.05) is 13.1 Å². The number of alkyl halides is 5. The summed E-state index contributed by atoms with van der Waals surface area (Å²) < 4.78 is 69.2. The van der Waals surface area contributed by atoms with Crippen LogP contribution in [-0.4, -0.2) is 72.8 Å². The van der Waals surface area contributed by atoms with Crippen LogP contribution < -0.4 is 20.9 Å². The highest BCUT2D eigenvalue weighted by Gasteiger charge is 2.58. The number of benzene rings is 2. The highest BCUT2D eigenvalue weighted by Crippen LogP contribution is 2.34. The third-order valence-corrected chi connectivity index (χ3v) is 5.91. The molecule has 1 heterocycles. The second-order valence-corrected chi connectivity index (χ2v) is 8.97. The lowest BCUT2D eigenvalue weighted by molar-refractivity contribution is -0.278. The van der Waals surface area contributed by atoms with E-state index in [0.717, 1.165) is 5.56 Å². The molecule has 9 nitrogen and oxygen atoms in total. The molecule has 2 atom stereocenters. The van der Waals surface area contributed by atoms with E-state index in [1.165, 1.54) is 5.32 Å². The molecule has 14 heteroatoms.